The third-order valence-corrected chi connectivity index (χ3v) is 9.60. The highest BCUT2D eigenvalue weighted by Gasteiger charge is 2.56. The molecule has 0 saturated carbocycles. The molecule has 7 nitrogen and oxygen atoms in total. The first-order chi connectivity index (χ1) is 17.6. The number of nitrogens with one attached hydrogen (secondary N) is 1. The van der Waals surface area contributed by atoms with Crippen LogP contribution >= 0.6 is 0 Å². The highest BCUT2D eigenvalue weighted by molar-refractivity contribution is 7.95. The maximum absolute atomic E-state index is 13.7. The van der Waals surface area contributed by atoms with E-state index >= 15 is 0 Å². The van der Waals surface area contributed by atoms with Crippen LogP contribution in [-0.4, -0.2) is 45.3 Å². The lowest BCUT2D eigenvalue weighted by Crippen LogP contribution is -2.52. The molecule has 1 aromatic carbocycles. The Kier molecular flexibility index (Phi) is 6.62. The molecule has 2 aromatic rings. The number of hydrogen-bond acceptors (Lipinski definition) is 5. The molecule has 7 atom stereocenters. The van der Waals surface area contributed by atoms with E-state index in [0.29, 0.717) is 18.0 Å². The quantitative estimate of drug-likeness (QED) is 0.435. The van der Waals surface area contributed by atoms with Gasteiger partial charge in [0.15, 0.2) is 6.39 Å². The van der Waals surface area contributed by atoms with Gasteiger partial charge in [-0.3, -0.25) is 5.32 Å². The summed E-state index contributed by atoms with van der Waals surface area (Å²) < 4.78 is 39.0. The zero-order valence-corrected chi connectivity index (χ0v) is 20.9. The molecule has 1 aromatic heterocycles. The van der Waals surface area contributed by atoms with Crippen molar-refractivity contribution in [2.45, 2.75) is 48.4 Å². The largest absolute Gasteiger partial charge is 0.448 e. The van der Waals surface area contributed by atoms with Crippen molar-refractivity contribution in [3.05, 3.63) is 96.8 Å². The first-order valence-corrected chi connectivity index (χ1v) is 14.1. The Bertz CT molecular complexity index is 1220. The van der Waals surface area contributed by atoms with Crippen LogP contribution in [0.5, 0.6) is 0 Å². The van der Waals surface area contributed by atoms with Crippen molar-refractivity contribution >= 4 is 10.4 Å². The second-order valence-electron chi connectivity index (χ2n) is 9.87. The summed E-state index contributed by atoms with van der Waals surface area (Å²) >= 11 is 0. The van der Waals surface area contributed by atoms with E-state index in [-0.39, 0.29) is 36.1 Å². The van der Waals surface area contributed by atoms with Crippen molar-refractivity contribution < 1.29 is 17.9 Å². The number of hydrogen-bond donors (Lipinski definition) is 2. The molecule has 1 saturated heterocycles. The van der Waals surface area contributed by atoms with Gasteiger partial charge in [-0.05, 0) is 35.6 Å². The number of aromatic nitrogens is 1. The van der Waals surface area contributed by atoms with Crippen LogP contribution in [0.1, 0.15) is 30.9 Å². The average molecular weight is 507 g/mol. The number of nitrogens with zero attached hydrogens (tertiary/aromatic N) is 2. The van der Waals surface area contributed by atoms with Crippen molar-refractivity contribution in [3.63, 3.8) is 0 Å². The van der Waals surface area contributed by atoms with E-state index in [1.165, 1.54) is 12.0 Å². The summed E-state index contributed by atoms with van der Waals surface area (Å²) in [7, 11) is -3.43. The van der Waals surface area contributed by atoms with Crippen LogP contribution in [0.25, 0.3) is 0 Å². The van der Waals surface area contributed by atoms with Gasteiger partial charge in [0.2, 0.25) is 4.90 Å². The molecule has 0 bridgehead atoms. The van der Waals surface area contributed by atoms with Crippen LogP contribution in [-0.2, 0) is 19.3 Å². The highest BCUT2D eigenvalue weighted by atomic mass is 32.3. The Balaban J connectivity index is 1.30. The summed E-state index contributed by atoms with van der Waals surface area (Å²) in [5, 5.41) is 3.60. The second-order valence-corrected chi connectivity index (χ2v) is 11.8. The highest BCUT2D eigenvalue weighted by Crippen LogP contribution is 2.44. The van der Waals surface area contributed by atoms with Gasteiger partial charge in [0, 0.05) is 24.3 Å². The predicted molar refractivity (Wildman–Crippen MR) is 138 cm³/mol. The Morgan fingerprint density at radius 3 is 2.81 bits per heavy atom. The number of allylic oxidation sites excluding steroid dienone is 3. The van der Waals surface area contributed by atoms with E-state index in [0.717, 1.165) is 25.0 Å². The van der Waals surface area contributed by atoms with Crippen LogP contribution in [0, 0.1) is 11.8 Å². The number of ether oxygens (including phenoxy) is 1. The van der Waals surface area contributed by atoms with Gasteiger partial charge in [-0.15, -0.1) is 0 Å². The number of benzene rings is 1. The first kappa shape index (κ1) is 23.8. The molecular formula is C28H32N3O4S+. The smallest absolute Gasteiger partial charge is 0.327 e. The maximum atomic E-state index is 13.7. The van der Waals surface area contributed by atoms with Crippen molar-refractivity contribution in [2.24, 2.45) is 11.8 Å². The van der Waals surface area contributed by atoms with E-state index in [1.807, 2.05) is 6.07 Å². The minimum atomic E-state index is -3.43. The van der Waals surface area contributed by atoms with Gasteiger partial charge in [-0.2, -0.15) is 4.55 Å². The van der Waals surface area contributed by atoms with E-state index in [2.05, 4.69) is 52.8 Å². The van der Waals surface area contributed by atoms with Gasteiger partial charge >= 0.3 is 10.4 Å². The monoisotopic (exact) mass is 506 g/mol. The molecule has 36 heavy (non-hydrogen) atoms. The Labute approximate surface area is 213 Å². The van der Waals surface area contributed by atoms with Gasteiger partial charge in [-0.25, -0.2) is 4.98 Å². The summed E-state index contributed by atoms with van der Waals surface area (Å²) in [5.41, 5.74) is 1.24. The number of oxazole rings is 1. The Morgan fingerprint density at radius 1 is 1.17 bits per heavy atom. The molecular weight excluding hydrogens is 474 g/mol. The fourth-order valence-corrected chi connectivity index (χ4v) is 7.55. The van der Waals surface area contributed by atoms with E-state index in [4.69, 9.17) is 9.15 Å². The molecule has 2 aliphatic carbocycles. The van der Waals surface area contributed by atoms with Crippen LogP contribution in [0.15, 0.2) is 100 Å². The zero-order chi connectivity index (χ0) is 24.5. The van der Waals surface area contributed by atoms with Crippen LogP contribution in [0.2, 0.25) is 0 Å². The van der Waals surface area contributed by atoms with Crippen LogP contribution in [0.3, 0.4) is 0 Å². The van der Waals surface area contributed by atoms with Crippen LogP contribution < -0.4 is 5.32 Å². The summed E-state index contributed by atoms with van der Waals surface area (Å²) in [6, 6.07) is 8.87. The molecule has 6 rings (SSSR count). The number of fused-ring (bicyclic) bond motifs is 1. The van der Waals surface area contributed by atoms with Crippen molar-refractivity contribution in [3.8, 4) is 0 Å². The summed E-state index contributed by atoms with van der Waals surface area (Å²) in [6.07, 6.45) is 21.4. The van der Waals surface area contributed by atoms with Crippen molar-refractivity contribution in [2.75, 3.05) is 13.1 Å². The fraction of sp³-hybridized carbons (Fsp3) is 0.393. The average Bonchev–Trinajstić information content (AvgIpc) is 3.58. The molecule has 8 heteroatoms. The Morgan fingerprint density at radius 2 is 2.03 bits per heavy atom. The van der Waals surface area contributed by atoms with E-state index in [9.17, 15) is 8.76 Å². The Hall–Kier alpha value is -2.62. The second kappa shape index (κ2) is 10.0. The lowest BCUT2D eigenvalue weighted by atomic mass is 9.81. The molecule has 6 unspecified atom stereocenters. The molecule has 2 N–H and O–H groups in total. The minimum Gasteiger partial charge on any atom is -0.448 e. The molecule has 4 aliphatic rings. The molecule has 3 heterocycles. The molecule has 1 fully saturated rings. The minimum absolute atomic E-state index is 0.0243. The third-order valence-electron chi connectivity index (χ3n) is 7.71. The summed E-state index contributed by atoms with van der Waals surface area (Å²) in [6.45, 7) is 1.01. The maximum Gasteiger partial charge on any atom is 0.327 e. The molecule has 0 spiro atoms. The lowest BCUT2D eigenvalue weighted by molar-refractivity contribution is -0.00594. The van der Waals surface area contributed by atoms with Crippen molar-refractivity contribution in [1.29, 1.82) is 0 Å². The standard InChI is InChI=1S/C28H31N3O4S/c32-36(33,22-11-5-2-6-12-22)31-18-25(27-17-29-19-34-27)24-15-20(16-30-28(24)31)23-13-7-8-14-26(23)35-21-9-3-1-4-10-21/h1-3,5-8,11-15,17,19,21,23-26,28,30H,4,9-10,16,18H2/p+1/t21?,23?,24?,25-,26?,28?/m0/s1. The van der Waals surface area contributed by atoms with E-state index < -0.39 is 10.4 Å². The molecule has 0 amide bonds. The molecule has 0 radical (unpaired) electrons. The van der Waals surface area contributed by atoms with Crippen LogP contribution in [0.4, 0.5) is 0 Å². The van der Waals surface area contributed by atoms with E-state index in [1.54, 1.807) is 34.8 Å². The summed E-state index contributed by atoms with van der Waals surface area (Å²) in [5.74, 6) is 0.709. The molecule has 188 valence electrons. The first-order valence-electron chi connectivity index (χ1n) is 12.7. The topological polar surface area (TPSA) is 87.8 Å². The normalized spacial score (nSPS) is 33.8. The predicted octanol–water partition coefficient (Wildman–Crippen LogP) is 4.73. The van der Waals surface area contributed by atoms with Gasteiger partial charge in [-0.1, -0.05) is 70.6 Å². The van der Waals surface area contributed by atoms with Gasteiger partial charge in [0.05, 0.1) is 24.9 Å². The fourth-order valence-electron chi connectivity index (χ4n) is 5.88. The third kappa shape index (κ3) is 4.48. The lowest BCUT2D eigenvalue weighted by Gasteiger charge is -2.36. The molecule has 2 aliphatic heterocycles. The summed E-state index contributed by atoms with van der Waals surface area (Å²) in [4.78, 5) is 4.54. The zero-order valence-electron chi connectivity index (χ0n) is 20.1. The SMILES string of the molecule is O=[S+](O)(c1ccccc1)N1C[C@H](c2cnco2)C2C=C(C3C=CC=CC3OC3CC=CCC3)CNC21. The number of rotatable bonds is 6. The van der Waals surface area contributed by atoms with Gasteiger partial charge in [0.1, 0.15) is 11.9 Å². The van der Waals surface area contributed by atoms with Crippen molar-refractivity contribution in [1.82, 2.24) is 14.6 Å². The van der Waals surface area contributed by atoms with Gasteiger partial charge < -0.3 is 9.15 Å². The van der Waals surface area contributed by atoms with Gasteiger partial charge in [0.25, 0.3) is 0 Å².